The molecule has 1 aliphatic heterocycles. The zero-order valence-electron chi connectivity index (χ0n) is 15.3. The summed E-state index contributed by atoms with van der Waals surface area (Å²) < 4.78 is 43.4. The standard InChI is InChI=1S/C21H22F3NO3/c22-21(23,24)18-5-1-17(2-6-18)14-28-19-7-3-15(4-8-19)13-16-9-11-25(12-10-16)20(26)27/h1-8,16H,9-14H2,(H,26,27). The first-order valence-corrected chi connectivity index (χ1v) is 9.17. The number of piperidine rings is 1. The van der Waals surface area contributed by atoms with Gasteiger partial charge in [-0.1, -0.05) is 24.3 Å². The zero-order chi connectivity index (χ0) is 20.1. The minimum Gasteiger partial charge on any atom is -0.489 e. The summed E-state index contributed by atoms with van der Waals surface area (Å²) in [7, 11) is 0. The van der Waals surface area contributed by atoms with Gasteiger partial charge in [0.25, 0.3) is 0 Å². The van der Waals surface area contributed by atoms with Crippen LogP contribution in [-0.4, -0.2) is 29.2 Å². The highest BCUT2D eigenvalue weighted by molar-refractivity contribution is 5.64. The van der Waals surface area contributed by atoms with Crippen molar-refractivity contribution in [3.05, 3.63) is 65.2 Å². The van der Waals surface area contributed by atoms with Crippen molar-refractivity contribution in [2.75, 3.05) is 13.1 Å². The molecule has 1 aliphatic rings. The summed E-state index contributed by atoms with van der Waals surface area (Å²) in [6.45, 7) is 1.35. The molecule has 1 fully saturated rings. The van der Waals surface area contributed by atoms with Gasteiger partial charge in [0.05, 0.1) is 5.56 Å². The molecule has 0 bridgehead atoms. The van der Waals surface area contributed by atoms with Crippen LogP contribution < -0.4 is 4.74 Å². The molecule has 2 aromatic rings. The Morgan fingerprint density at radius 3 is 2.11 bits per heavy atom. The highest BCUT2D eigenvalue weighted by Crippen LogP contribution is 2.29. The monoisotopic (exact) mass is 393 g/mol. The smallest absolute Gasteiger partial charge is 0.416 e. The van der Waals surface area contributed by atoms with Crippen molar-refractivity contribution in [1.29, 1.82) is 0 Å². The zero-order valence-corrected chi connectivity index (χ0v) is 15.3. The van der Waals surface area contributed by atoms with Gasteiger partial charge in [0.2, 0.25) is 0 Å². The molecule has 0 atom stereocenters. The number of hydrogen-bond acceptors (Lipinski definition) is 2. The van der Waals surface area contributed by atoms with Gasteiger partial charge in [-0.05, 0) is 60.6 Å². The second kappa shape index (κ2) is 8.54. The van der Waals surface area contributed by atoms with E-state index in [2.05, 4.69) is 0 Å². The van der Waals surface area contributed by atoms with Crippen LogP contribution in [0.1, 0.15) is 29.5 Å². The Morgan fingerprint density at radius 1 is 1.00 bits per heavy atom. The van der Waals surface area contributed by atoms with Crippen molar-refractivity contribution >= 4 is 6.09 Å². The van der Waals surface area contributed by atoms with Crippen LogP contribution in [0.2, 0.25) is 0 Å². The second-order valence-electron chi connectivity index (χ2n) is 7.04. The molecule has 1 N–H and O–H groups in total. The lowest BCUT2D eigenvalue weighted by molar-refractivity contribution is -0.137. The summed E-state index contributed by atoms with van der Waals surface area (Å²) in [6, 6.07) is 12.6. The van der Waals surface area contributed by atoms with E-state index in [1.807, 2.05) is 24.3 Å². The van der Waals surface area contributed by atoms with E-state index in [1.165, 1.54) is 17.0 Å². The van der Waals surface area contributed by atoms with Gasteiger partial charge in [-0.2, -0.15) is 13.2 Å². The van der Waals surface area contributed by atoms with Crippen molar-refractivity contribution in [1.82, 2.24) is 4.90 Å². The van der Waals surface area contributed by atoms with Crippen LogP contribution in [0.5, 0.6) is 5.75 Å². The van der Waals surface area contributed by atoms with Crippen molar-refractivity contribution in [3.63, 3.8) is 0 Å². The van der Waals surface area contributed by atoms with Gasteiger partial charge < -0.3 is 14.7 Å². The highest BCUT2D eigenvalue weighted by Gasteiger charge is 2.29. The molecule has 3 rings (SSSR count). The van der Waals surface area contributed by atoms with Gasteiger partial charge >= 0.3 is 12.3 Å². The molecule has 1 saturated heterocycles. The number of hydrogen-bond donors (Lipinski definition) is 1. The lowest BCUT2D eigenvalue weighted by atomic mass is 9.90. The van der Waals surface area contributed by atoms with Crippen LogP contribution in [0.4, 0.5) is 18.0 Å². The average Bonchev–Trinajstić information content (AvgIpc) is 2.67. The highest BCUT2D eigenvalue weighted by atomic mass is 19.4. The predicted molar refractivity (Wildman–Crippen MR) is 98.2 cm³/mol. The van der Waals surface area contributed by atoms with Gasteiger partial charge in [0.1, 0.15) is 12.4 Å². The molecule has 0 aliphatic carbocycles. The van der Waals surface area contributed by atoms with Gasteiger partial charge in [0.15, 0.2) is 0 Å². The molecule has 0 unspecified atom stereocenters. The molecule has 150 valence electrons. The third-order valence-corrected chi connectivity index (χ3v) is 5.02. The number of likely N-dealkylation sites (tertiary alicyclic amines) is 1. The lowest BCUT2D eigenvalue weighted by Crippen LogP contribution is -2.37. The molecular weight excluding hydrogens is 371 g/mol. The van der Waals surface area contributed by atoms with E-state index in [9.17, 15) is 18.0 Å². The number of benzene rings is 2. The van der Waals surface area contributed by atoms with Gasteiger partial charge in [0, 0.05) is 13.1 Å². The SMILES string of the molecule is O=C(O)N1CCC(Cc2ccc(OCc3ccc(C(F)(F)F)cc3)cc2)CC1. The second-order valence-corrected chi connectivity index (χ2v) is 7.04. The number of carboxylic acid groups (broad SMARTS) is 1. The number of amides is 1. The summed E-state index contributed by atoms with van der Waals surface area (Å²) >= 11 is 0. The maximum Gasteiger partial charge on any atom is 0.416 e. The fourth-order valence-corrected chi connectivity index (χ4v) is 3.34. The molecule has 1 amide bonds. The molecule has 2 aromatic carbocycles. The molecule has 7 heteroatoms. The summed E-state index contributed by atoms with van der Waals surface area (Å²) in [5.74, 6) is 1.12. The number of carbonyl (C=O) groups is 1. The maximum atomic E-state index is 12.6. The number of rotatable bonds is 5. The summed E-state index contributed by atoms with van der Waals surface area (Å²) in [4.78, 5) is 12.4. The Morgan fingerprint density at radius 2 is 1.57 bits per heavy atom. The van der Waals surface area contributed by atoms with Gasteiger partial charge in [-0.15, -0.1) is 0 Å². The normalized spacial score (nSPS) is 15.5. The molecule has 0 radical (unpaired) electrons. The third-order valence-electron chi connectivity index (χ3n) is 5.02. The van der Waals surface area contributed by atoms with E-state index in [0.717, 1.165) is 37.0 Å². The first kappa shape index (κ1) is 20.0. The number of ether oxygens (including phenoxy) is 1. The van der Waals surface area contributed by atoms with E-state index in [-0.39, 0.29) is 6.61 Å². The number of halogens is 3. The average molecular weight is 393 g/mol. The molecule has 0 saturated carbocycles. The summed E-state index contributed by atoms with van der Waals surface area (Å²) in [6.07, 6.45) is -2.57. The van der Waals surface area contributed by atoms with Crippen LogP contribution in [0.25, 0.3) is 0 Å². The van der Waals surface area contributed by atoms with Crippen LogP contribution in [0, 0.1) is 5.92 Å². The molecule has 0 spiro atoms. The number of nitrogens with zero attached hydrogens (tertiary/aromatic N) is 1. The molecular formula is C21H22F3NO3. The third kappa shape index (κ3) is 5.41. The lowest BCUT2D eigenvalue weighted by Gasteiger charge is -2.30. The van der Waals surface area contributed by atoms with Crippen molar-refractivity contribution in [3.8, 4) is 5.75 Å². The maximum absolute atomic E-state index is 12.6. The summed E-state index contributed by atoms with van der Waals surface area (Å²) in [5.41, 5.74) is 1.16. The first-order chi connectivity index (χ1) is 13.3. The minimum atomic E-state index is -4.33. The fourth-order valence-electron chi connectivity index (χ4n) is 3.34. The molecule has 1 heterocycles. The Hall–Kier alpha value is -2.70. The Bertz CT molecular complexity index is 780. The van der Waals surface area contributed by atoms with E-state index in [4.69, 9.17) is 9.84 Å². The van der Waals surface area contributed by atoms with Crippen LogP contribution in [0.15, 0.2) is 48.5 Å². The van der Waals surface area contributed by atoms with E-state index < -0.39 is 17.8 Å². The summed E-state index contributed by atoms with van der Waals surface area (Å²) in [5, 5.41) is 8.99. The number of alkyl halides is 3. The Balaban J connectivity index is 1.47. The van der Waals surface area contributed by atoms with Gasteiger partial charge in [-0.3, -0.25) is 0 Å². The largest absolute Gasteiger partial charge is 0.489 e. The van der Waals surface area contributed by atoms with E-state index in [0.29, 0.717) is 30.3 Å². The molecule has 0 aromatic heterocycles. The molecule has 28 heavy (non-hydrogen) atoms. The fraction of sp³-hybridized carbons (Fsp3) is 0.381. The van der Waals surface area contributed by atoms with E-state index >= 15 is 0 Å². The molecule has 4 nitrogen and oxygen atoms in total. The van der Waals surface area contributed by atoms with Crippen molar-refractivity contribution in [2.24, 2.45) is 5.92 Å². The van der Waals surface area contributed by atoms with Crippen LogP contribution in [-0.2, 0) is 19.2 Å². The first-order valence-electron chi connectivity index (χ1n) is 9.17. The topological polar surface area (TPSA) is 49.8 Å². The van der Waals surface area contributed by atoms with E-state index in [1.54, 1.807) is 0 Å². The minimum absolute atomic E-state index is 0.200. The van der Waals surface area contributed by atoms with Crippen molar-refractivity contribution in [2.45, 2.75) is 32.0 Å². The van der Waals surface area contributed by atoms with Crippen LogP contribution >= 0.6 is 0 Å². The quantitative estimate of drug-likeness (QED) is 0.758. The Kier molecular flexibility index (Phi) is 6.11. The van der Waals surface area contributed by atoms with Crippen LogP contribution in [0.3, 0.4) is 0 Å². The Labute approximate surface area is 161 Å². The predicted octanol–water partition coefficient (Wildman–Crippen LogP) is 5.22. The van der Waals surface area contributed by atoms with Crippen molar-refractivity contribution < 1.29 is 27.8 Å². The van der Waals surface area contributed by atoms with Gasteiger partial charge in [-0.25, -0.2) is 4.79 Å².